The summed E-state index contributed by atoms with van der Waals surface area (Å²) in [5, 5.41) is 2.90. The zero-order chi connectivity index (χ0) is 17.9. The highest BCUT2D eigenvalue weighted by Crippen LogP contribution is 2.27. The first-order valence-corrected chi connectivity index (χ1v) is 8.36. The minimum atomic E-state index is -0.378. The molecule has 130 valence electrons. The summed E-state index contributed by atoms with van der Waals surface area (Å²) in [7, 11) is 0. The van der Waals surface area contributed by atoms with Crippen LogP contribution in [0.25, 0.3) is 11.3 Å². The first kappa shape index (κ1) is 16.1. The van der Waals surface area contributed by atoms with Crippen LogP contribution in [0.4, 0.5) is 11.4 Å². The van der Waals surface area contributed by atoms with Crippen molar-refractivity contribution in [2.45, 2.75) is 6.42 Å². The van der Waals surface area contributed by atoms with Crippen LogP contribution < -0.4 is 10.2 Å². The van der Waals surface area contributed by atoms with Crippen LogP contribution in [0.1, 0.15) is 6.42 Å². The molecule has 2 heterocycles. The third-order valence-corrected chi connectivity index (χ3v) is 4.41. The van der Waals surface area contributed by atoms with E-state index in [2.05, 4.69) is 10.3 Å². The number of amides is 2. The van der Waals surface area contributed by atoms with Crippen LogP contribution in [0.5, 0.6) is 0 Å². The Kier molecular flexibility index (Phi) is 4.23. The Morgan fingerprint density at radius 1 is 1.15 bits per heavy atom. The van der Waals surface area contributed by atoms with Gasteiger partial charge >= 0.3 is 0 Å². The average Bonchev–Trinajstić information content (AvgIpc) is 3.32. The van der Waals surface area contributed by atoms with Gasteiger partial charge in [-0.2, -0.15) is 0 Å². The molecule has 0 radical (unpaired) electrons. The average molecular weight is 347 g/mol. The summed E-state index contributed by atoms with van der Waals surface area (Å²) in [6, 6.07) is 16.8. The number of rotatable bonds is 4. The highest BCUT2D eigenvalue weighted by molar-refractivity contribution is 6.03. The fourth-order valence-electron chi connectivity index (χ4n) is 3.09. The molecule has 1 saturated heterocycles. The summed E-state index contributed by atoms with van der Waals surface area (Å²) in [6.45, 7) is 0.385. The first-order chi connectivity index (χ1) is 12.7. The Morgan fingerprint density at radius 2 is 2.00 bits per heavy atom. The number of hydrogen-bond acceptors (Lipinski definition) is 4. The molecule has 4 rings (SSSR count). The molecule has 6 heteroatoms. The van der Waals surface area contributed by atoms with Crippen LogP contribution in [-0.4, -0.2) is 23.3 Å². The molecule has 1 aliphatic heterocycles. The van der Waals surface area contributed by atoms with Crippen molar-refractivity contribution >= 4 is 23.2 Å². The zero-order valence-electron chi connectivity index (χ0n) is 14.0. The van der Waals surface area contributed by atoms with Crippen LogP contribution in [0.15, 0.2) is 71.6 Å². The van der Waals surface area contributed by atoms with E-state index in [0.717, 1.165) is 11.3 Å². The molecule has 1 aromatic heterocycles. The number of carbonyl (C=O) groups excluding carboxylic acids is 2. The normalized spacial score (nSPS) is 16.7. The lowest BCUT2D eigenvalue weighted by atomic mass is 10.1. The van der Waals surface area contributed by atoms with Crippen LogP contribution in [0, 0.1) is 5.92 Å². The second-order valence-electron chi connectivity index (χ2n) is 6.18. The first-order valence-electron chi connectivity index (χ1n) is 8.36. The smallest absolute Gasteiger partial charge is 0.229 e. The van der Waals surface area contributed by atoms with Crippen LogP contribution >= 0.6 is 0 Å². The predicted octanol–water partition coefficient (Wildman–Crippen LogP) is 3.33. The molecular weight excluding hydrogens is 330 g/mol. The van der Waals surface area contributed by atoms with Crippen molar-refractivity contribution in [1.29, 1.82) is 0 Å². The number of nitrogens with zero attached hydrogens (tertiary/aromatic N) is 2. The summed E-state index contributed by atoms with van der Waals surface area (Å²) in [6.07, 6.45) is 3.19. The Bertz CT molecular complexity index is 922. The number of carbonyl (C=O) groups is 2. The SMILES string of the molecule is O=C(Nc1cccc(-c2cnco2)c1)[C@@H]1CC(=O)N(c2ccccc2)C1. The van der Waals surface area contributed by atoms with Gasteiger partial charge in [0.15, 0.2) is 12.2 Å². The summed E-state index contributed by atoms with van der Waals surface area (Å²) >= 11 is 0. The minimum absolute atomic E-state index is 0.0354. The summed E-state index contributed by atoms with van der Waals surface area (Å²) in [5.41, 5.74) is 2.31. The van der Waals surface area contributed by atoms with Crippen molar-refractivity contribution in [1.82, 2.24) is 4.98 Å². The maximum Gasteiger partial charge on any atom is 0.229 e. The van der Waals surface area contributed by atoms with E-state index in [1.165, 1.54) is 6.39 Å². The van der Waals surface area contributed by atoms with Crippen LogP contribution in [0.2, 0.25) is 0 Å². The number of aromatic nitrogens is 1. The fourth-order valence-corrected chi connectivity index (χ4v) is 3.09. The van der Waals surface area contributed by atoms with Gasteiger partial charge in [-0.05, 0) is 24.3 Å². The number of anilines is 2. The van der Waals surface area contributed by atoms with Crippen LogP contribution in [-0.2, 0) is 9.59 Å². The van der Waals surface area contributed by atoms with Crippen molar-refractivity contribution in [2.75, 3.05) is 16.8 Å². The van der Waals surface area contributed by atoms with Gasteiger partial charge in [-0.3, -0.25) is 9.59 Å². The molecule has 26 heavy (non-hydrogen) atoms. The van der Waals surface area contributed by atoms with Gasteiger partial charge < -0.3 is 14.6 Å². The summed E-state index contributed by atoms with van der Waals surface area (Å²) < 4.78 is 5.28. The summed E-state index contributed by atoms with van der Waals surface area (Å²) in [4.78, 5) is 30.4. The maximum atomic E-state index is 12.6. The van der Waals surface area contributed by atoms with Gasteiger partial charge in [0.25, 0.3) is 0 Å². The standard InChI is InChI=1S/C20H17N3O3/c24-19-10-15(12-23(19)17-7-2-1-3-8-17)20(25)22-16-6-4-5-14(9-16)18-11-21-13-26-18/h1-9,11,13,15H,10,12H2,(H,22,25)/t15-/m1/s1. The van der Waals surface area contributed by atoms with E-state index < -0.39 is 0 Å². The Hall–Kier alpha value is -3.41. The van der Waals surface area contributed by atoms with Gasteiger partial charge in [0.1, 0.15) is 0 Å². The third kappa shape index (κ3) is 3.21. The minimum Gasteiger partial charge on any atom is -0.444 e. The molecule has 0 bridgehead atoms. The predicted molar refractivity (Wildman–Crippen MR) is 97.5 cm³/mol. The Labute approximate surface area is 150 Å². The van der Waals surface area contributed by atoms with Crippen molar-refractivity contribution < 1.29 is 14.0 Å². The summed E-state index contributed by atoms with van der Waals surface area (Å²) in [5.74, 6) is 0.0577. The van der Waals surface area contributed by atoms with Gasteiger partial charge in [0, 0.05) is 29.9 Å². The molecule has 0 aliphatic carbocycles. The monoisotopic (exact) mass is 347 g/mol. The zero-order valence-corrected chi connectivity index (χ0v) is 14.0. The molecule has 0 saturated carbocycles. The molecule has 6 nitrogen and oxygen atoms in total. The van der Waals surface area contributed by atoms with Gasteiger partial charge in [-0.25, -0.2) is 4.98 Å². The molecule has 1 aliphatic rings. The number of para-hydroxylation sites is 1. The highest BCUT2D eigenvalue weighted by atomic mass is 16.3. The number of hydrogen-bond donors (Lipinski definition) is 1. The van der Waals surface area contributed by atoms with Crippen molar-refractivity contribution in [3.8, 4) is 11.3 Å². The fraction of sp³-hybridized carbons (Fsp3) is 0.150. The van der Waals surface area contributed by atoms with E-state index in [-0.39, 0.29) is 24.2 Å². The lowest BCUT2D eigenvalue weighted by molar-refractivity contribution is -0.122. The molecule has 2 amide bonds. The van der Waals surface area contributed by atoms with Crippen molar-refractivity contribution in [2.24, 2.45) is 5.92 Å². The lowest BCUT2D eigenvalue weighted by Crippen LogP contribution is -2.28. The van der Waals surface area contributed by atoms with Crippen molar-refractivity contribution in [3.05, 3.63) is 67.2 Å². The Balaban J connectivity index is 1.46. The second kappa shape index (κ2) is 6.84. The van der Waals surface area contributed by atoms with Gasteiger partial charge in [-0.15, -0.1) is 0 Å². The molecule has 1 atom stereocenters. The largest absolute Gasteiger partial charge is 0.444 e. The van der Waals surface area contributed by atoms with E-state index in [9.17, 15) is 9.59 Å². The van der Waals surface area contributed by atoms with Crippen molar-refractivity contribution in [3.63, 3.8) is 0 Å². The quantitative estimate of drug-likeness (QED) is 0.785. The van der Waals surface area contributed by atoms with E-state index in [1.807, 2.05) is 54.6 Å². The molecule has 2 aromatic carbocycles. The van der Waals surface area contributed by atoms with Gasteiger partial charge in [0.2, 0.25) is 11.8 Å². The number of benzene rings is 2. The van der Waals surface area contributed by atoms with Gasteiger partial charge in [0.05, 0.1) is 12.1 Å². The Morgan fingerprint density at radius 3 is 2.77 bits per heavy atom. The molecule has 1 fully saturated rings. The molecule has 0 unspecified atom stereocenters. The molecule has 1 N–H and O–H groups in total. The number of oxazole rings is 1. The van der Waals surface area contributed by atoms with Crippen LogP contribution in [0.3, 0.4) is 0 Å². The lowest BCUT2D eigenvalue weighted by Gasteiger charge is -2.16. The van der Waals surface area contributed by atoms with E-state index >= 15 is 0 Å². The molecular formula is C20H17N3O3. The number of nitrogens with one attached hydrogen (secondary N) is 1. The van der Waals surface area contributed by atoms with E-state index in [4.69, 9.17) is 4.42 Å². The topological polar surface area (TPSA) is 75.4 Å². The molecule has 0 spiro atoms. The third-order valence-electron chi connectivity index (χ3n) is 4.41. The second-order valence-corrected chi connectivity index (χ2v) is 6.18. The molecule has 3 aromatic rings. The van der Waals surface area contributed by atoms with E-state index in [1.54, 1.807) is 11.1 Å². The van der Waals surface area contributed by atoms with E-state index in [0.29, 0.717) is 18.0 Å². The highest BCUT2D eigenvalue weighted by Gasteiger charge is 2.35. The van der Waals surface area contributed by atoms with Gasteiger partial charge in [-0.1, -0.05) is 30.3 Å². The maximum absolute atomic E-state index is 12.6.